The highest BCUT2D eigenvalue weighted by Crippen LogP contribution is 2.22. The number of aromatic nitrogens is 1. The molecule has 1 aromatic carbocycles. The summed E-state index contributed by atoms with van der Waals surface area (Å²) in [7, 11) is 0. The van der Waals surface area contributed by atoms with Gasteiger partial charge in [0.15, 0.2) is 0 Å². The molecule has 0 aliphatic heterocycles. The number of nitrogens with one attached hydrogen (secondary N) is 2. The van der Waals surface area contributed by atoms with Gasteiger partial charge in [-0.25, -0.2) is 0 Å². The highest BCUT2D eigenvalue weighted by atomic mass is 16.4. The topological polar surface area (TPSA) is 65.1 Å². The molecular formula is C15H20N2O2. The zero-order chi connectivity index (χ0) is 14.0. The van der Waals surface area contributed by atoms with E-state index in [1.165, 1.54) is 10.9 Å². The normalized spacial score (nSPS) is 11.9. The summed E-state index contributed by atoms with van der Waals surface area (Å²) < 4.78 is 0. The van der Waals surface area contributed by atoms with E-state index in [1.807, 2.05) is 25.1 Å². The summed E-state index contributed by atoms with van der Waals surface area (Å²) >= 11 is 0. The zero-order valence-corrected chi connectivity index (χ0v) is 11.6. The van der Waals surface area contributed by atoms with E-state index in [2.05, 4.69) is 16.4 Å². The number of carboxylic acids is 1. The van der Waals surface area contributed by atoms with Gasteiger partial charge in [0, 0.05) is 29.7 Å². The number of carboxylic acid groups (broad SMARTS) is 1. The van der Waals surface area contributed by atoms with E-state index < -0.39 is 11.4 Å². The van der Waals surface area contributed by atoms with Crippen LogP contribution in [0.4, 0.5) is 0 Å². The van der Waals surface area contributed by atoms with Crippen molar-refractivity contribution in [3.8, 4) is 0 Å². The van der Waals surface area contributed by atoms with Gasteiger partial charge < -0.3 is 15.4 Å². The Hall–Kier alpha value is -1.81. The number of benzene rings is 1. The average molecular weight is 260 g/mol. The van der Waals surface area contributed by atoms with Crippen LogP contribution >= 0.6 is 0 Å². The molecule has 2 rings (SSSR count). The monoisotopic (exact) mass is 260 g/mol. The second-order valence-electron chi connectivity index (χ2n) is 5.57. The number of aromatic amines is 1. The van der Waals surface area contributed by atoms with Crippen molar-refractivity contribution >= 4 is 16.9 Å². The third-order valence-corrected chi connectivity index (χ3v) is 3.47. The minimum atomic E-state index is -0.782. The van der Waals surface area contributed by atoms with Gasteiger partial charge in [0.2, 0.25) is 0 Å². The van der Waals surface area contributed by atoms with Gasteiger partial charge >= 0.3 is 5.97 Å². The molecule has 0 spiro atoms. The largest absolute Gasteiger partial charge is 0.481 e. The van der Waals surface area contributed by atoms with Gasteiger partial charge in [-0.05, 0) is 32.4 Å². The first kappa shape index (κ1) is 13.6. The Morgan fingerprint density at radius 3 is 2.74 bits per heavy atom. The van der Waals surface area contributed by atoms with Crippen molar-refractivity contribution in [1.29, 1.82) is 0 Å². The lowest BCUT2D eigenvalue weighted by Crippen LogP contribution is -2.35. The van der Waals surface area contributed by atoms with E-state index in [4.69, 9.17) is 5.11 Å². The summed E-state index contributed by atoms with van der Waals surface area (Å²) in [6, 6.07) is 8.15. The van der Waals surface area contributed by atoms with E-state index in [-0.39, 0.29) is 0 Å². The molecule has 3 N–H and O–H groups in total. The Balaban J connectivity index is 2.10. The number of carbonyl (C=O) groups is 1. The lowest BCUT2D eigenvalue weighted by atomic mass is 9.94. The lowest BCUT2D eigenvalue weighted by molar-refractivity contribution is -0.146. The molecule has 1 aromatic heterocycles. The summed E-state index contributed by atoms with van der Waals surface area (Å²) in [5.74, 6) is -0.782. The standard InChI is InChI=1S/C15H20N2O2/c1-10-12(8-16-9-15(2,3)14(18)19)11-6-4-5-7-13(11)17-10/h4-7,16-17H,8-9H2,1-3H3,(H,18,19). The van der Waals surface area contributed by atoms with Crippen LogP contribution in [0.5, 0.6) is 0 Å². The second-order valence-corrected chi connectivity index (χ2v) is 5.57. The van der Waals surface area contributed by atoms with Crippen LogP contribution in [0.3, 0.4) is 0 Å². The van der Waals surface area contributed by atoms with Gasteiger partial charge in [0.1, 0.15) is 0 Å². The van der Waals surface area contributed by atoms with Crippen LogP contribution in [0.1, 0.15) is 25.1 Å². The first-order valence-corrected chi connectivity index (χ1v) is 6.42. The maximum atomic E-state index is 11.0. The Kier molecular flexibility index (Phi) is 3.62. The molecule has 0 aliphatic rings. The van der Waals surface area contributed by atoms with Crippen molar-refractivity contribution < 1.29 is 9.90 Å². The molecule has 4 heteroatoms. The molecule has 0 saturated heterocycles. The molecule has 0 atom stereocenters. The number of hydrogen-bond acceptors (Lipinski definition) is 2. The number of para-hydroxylation sites is 1. The molecule has 1 heterocycles. The molecule has 0 aliphatic carbocycles. The van der Waals surface area contributed by atoms with E-state index in [1.54, 1.807) is 13.8 Å². The molecule has 2 aromatic rings. The predicted octanol–water partition coefficient (Wildman–Crippen LogP) is 2.68. The van der Waals surface area contributed by atoms with Crippen LogP contribution in [0.15, 0.2) is 24.3 Å². The van der Waals surface area contributed by atoms with Gasteiger partial charge in [0.25, 0.3) is 0 Å². The van der Waals surface area contributed by atoms with Crippen molar-refractivity contribution in [1.82, 2.24) is 10.3 Å². The van der Waals surface area contributed by atoms with Crippen LogP contribution in [-0.2, 0) is 11.3 Å². The smallest absolute Gasteiger partial charge is 0.310 e. The fourth-order valence-corrected chi connectivity index (χ4v) is 2.14. The van der Waals surface area contributed by atoms with E-state index in [9.17, 15) is 4.79 Å². The van der Waals surface area contributed by atoms with Gasteiger partial charge in [-0.2, -0.15) is 0 Å². The molecule has 4 nitrogen and oxygen atoms in total. The van der Waals surface area contributed by atoms with Crippen molar-refractivity contribution in [3.63, 3.8) is 0 Å². The third-order valence-electron chi connectivity index (χ3n) is 3.47. The molecular weight excluding hydrogens is 240 g/mol. The molecule has 0 bridgehead atoms. The summed E-state index contributed by atoms with van der Waals surface area (Å²) in [6.07, 6.45) is 0. The van der Waals surface area contributed by atoms with Crippen LogP contribution in [0.25, 0.3) is 10.9 Å². The van der Waals surface area contributed by atoms with Crippen LogP contribution < -0.4 is 5.32 Å². The summed E-state index contributed by atoms with van der Waals surface area (Å²) in [6.45, 7) is 6.61. The highest BCUT2D eigenvalue weighted by molar-refractivity contribution is 5.84. The maximum absolute atomic E-state index is 11.0. The van der Waals surface area contributed by atoms with E-state index in [0.717, 1.165) is 11.2 Å². The average Bonchev–Trinajstić information content (AvgIpc) is 2.65. The molecule has 0 amide bonds. The summed E-state index contributed by atoms with van der Waals surface area (Å²) in [4.78, 5) is 14.4. The zero-order valence-electron chi connectivity index (χ0n) is 11.6. The highest BCUT2D eigenvalue weighted by Gasteiger charge is 2.26. The minimum absolute atomic E-state index is 0.446. The Bertz CT molecular complexity index is 599. The molecule has 0 unspecified atom stereocenters. The third kappa shape index (κ3) is 2.79. The summed E-state index contributed by atoms with van der Waals surface area (Å²) in [5, 5.41) is 13.5. The number of H-pyrrole nitrogens is 1. The summed E-state index contributed by atoms with van der Waals surface area (Å²) in [5.41, 5.74) is 2.70. The number of aryl methyl sites for hydroxylation is 1. The van der Waals surface area contributed by atoms with Crippen LogP contribution in [0, 0.1) is 12.3 Å². The molecule has 0 fully saturated rings. The van der Waals surface area contributed by atoms with Crippen molar-refractivity contribution in [2.24, 2.45) is 5.41 Å². The first-order valence-electron chi connectivity index (χ1n) is 6.42. The molecule has 0 saturated carbocycles. The Morgan fingerprint density at radius 1 is 1.37 bits per heavy atom. The van der Waals surface area contributed by atoms with Crippen molar-refractivity contribution in [2.45, 2.75) is 27.3 Å². The fourth-order valence-electron chi connectivity index (χ4n) is 2.14. The van der Waals surface area contributed by atoms with Gasteiger partial charge in [0.05, 0.1) is 5.41 Å². The van der Waals surface area contributed by atoms with Crippen molar-refractivity contribution in [2.75, 3.05) is 6.54 Å². The van der Waals surface area contributed by atoms with Gasteiger partial charge in [-0.1, -0.05) is 18.2 Å². The van der Waals surface area contributed by atoms with E-state index in [0.29, 0.717) is 13.1 Å². The Morgan fingerprint density at radius 2 is 2.05 bits per heavy atom. The SMILES string of the molecule is Cc1[nH]c2ccccc2c1CNCC(C)(C)C(=O)O. The molecule has 0 radical (unpaired) electrons. The first-order chi connectivity index (χ1) is 8.92. The van der Waals surface area contributed by atoms with Crippen LogP contribution in [-0.4, -0.2) is 22.6 Å². The molecule has 19 heavy (non-hydrogen) atoms. The number of rotatable bonds is 5. The quantitative estimate of drug-likeness (QED) is 0.774. The minimum Gasteiger partial charge on any atom is -0.481 e. The van der Waals surface area contributed by atoms with Crippen LogP contribution in [0.2, 0.25) is 0 Å². The van der Waals surface area contributed by atoms with Crippen molar-refractivity contribution in [3.05, 3.63) is 35.5 Å². The van der Waals surface area contributed by atoms with Gasteiger partial charge in [-0.15, -0.1) is 0 Å². The van der Waals surface area contributed by atoms with E-state index >= 15 is 0 Å². The fraction of sp³-hybridized carbons (Fsp3) is 0.400. The number of hydrogen-bond donors (Lipinski definition) is 3. The number of fused-ring (bicyclic) bond motifs is 1. The predicted molar refractivity (Wildman–Crippen MR) is 76.2 cm³/mol. The lowest BCUT2D eigenvalue weighted by Gasteiger charge is -2.19. The second kappa shape index (κ2) is 5.05. The maximum Gasteiger partial charge on any atom is 0.310 e. The Labute approximate surface area is 112 Å². The molecule has 102 valence electrons. The van der Waals surface area contributed by atoms with Gasteiger partial charge in [-0.3, -0.25) is 4.79 Å². The number of aliphatic carboxylic acids is 1.